The Morgan fingerprint density at radius 3 is 2.75 bits per heavy atom. The number of nitrogens with zero attached hydrogens (tertiary/aromatic N) is 2. The molecule has 4 nitrogen and oxygen atoms in total. The average Bonchev–Trinajstić information content (AvgIpc) is 2.80. The van der Waals surface area contributed by atoms with Crippen molar-refractivity contribution in [1.29, 1.82) is 0 Å². The lowest BCUT2D eigenvalue weighted by Gasteiger charge is -2.47. The van der Waals surface area contributed by atoms with Crippen LogP contribution in [0, 0.1) is 0 Å². The van der Waals surface area contributed by atoms with Gasteiger partial charge in [-0.1, -0.05) is 0 Å². The molecule has 16 heavy (non-hydrogen) atoms. The van der Waals surface area contributed by atoms with E-state index in [4.69, 9.17) is 9.47 Å². The molecule has 0 saturated carbocycles. The van der Waals surface area contributed by atoms with Crippen molar-refractivity contribution in [3.05, 3.63) is 0 Å². The van der Waals surface area contributed by atoms with E-state index in [0.29, 0.717) is 6.04 Å². The summed E-state index contributed by atoms with van der Waals surface area (Å²) >= 11 is 0. The molecule has 0 bridgehead atoms. The third-order valence-electron chi connectivity index (χ3n) is 4.22. The van der Waals surface area contributed by atoms with Gasteiger partial charge in [0, 0.05) is 32.8 Å². The number of hydrogen-bond acceptors (Lipinski definition) is 3. The summed E-state index contributed by atoms with van der Waals surface area (Å²) in [5.74, 6) is 0. The predicted octanol–water partition coefficient (Wildman–Crippen LogP) is 0.245. The zero-order valence-electron chi connectivity index (χ0n) is 9.86. The van der Waals surface area contributed by atoms with Gasteiger partial charge in [-0.05, 0) is 19.3 Å². The molecule has 0 aliphatic carbocycles. The molecule has 1 spiro atoms. The number of morpholine rings is 1. The van der Waals surface area contributed by atoms with Crippen LogP contribution in [0.3, 0.4) is 0 Å². The van der Waals surface area contributed by atoms with Gasteiger partial charge in [0.25, 0.3) is 0 Å². The first kappa shape index (κ1) is 11.0. The van der Waals surface area contributed by atoms with Gasteiger partial charge < -0.3 is 9.47 Å². The van der Waals surface area contributed by atoms with Crippen molar-refractivity contribution in [3.63, 3.8) is 0 Å². The molecule has 3 aliphatic heterocycles. The topological polar surface area (TPSA) is 35.8 Å². The molecule has 0 aromatic carbocycles. The van der Waals surface area contributed by atoms with E-state index < -0.39 is 0 Å². The van der Waals surface area contributed by atoms with E-state index in [2.05, 4.69) is 10.2 Å². The number of piperidine rings is 1. The van der Waals surface area contributed by atoms with Gasteiger partial charge in [-0.2, -0.15) is 0 Å². The normalized spacial score (nSPS) is 41.6. The van der Waals surface area contributed by atoms with E-state index in [1.807, 2.05) is 0 Å². The second kappa shape index (κ2) is 4.61. The fraction of sp³-hybridized carbons (Fsp3) is 1.00. The van der Waals surface area contributed by atoms with Crippen LogP contribution in [-0.4, -0.2) is 62.5 Å². The zero-order chi connectivity index (χ0) is 10.8. The molecule has 3 fully saturated rings. The highest BCUT2D eigenvalue weighted by atomic mass is 16.5. The highest BCUT2D eigenvalue weighted by molar-refractivity contribution is 5.01. The fourth-order valence-electron chi connectivity index (χ4n) is 3.33. The molecule has 3 heterocycles. The summed E-state index contributed by atoms with van der Waals surface area (Å²) in [6.07, 6.45) is 3.57. The van der Waals surface area contributed by atoms with Crippen LogP contribution in [0.25, 0.3) is 0 Å². The minimum Gasteiger partial charge on any atom is -0.379 e. The van der Waals surface area contributed by atoms with Gasteiger partial charge in [0.1, 0.15) is 0 Å². The van der Waals surface area contributed by atoms with Gasteiger partial charge in [0.15, 0.2) is 0 Å². The Bertz CT molecular complexity index is 235. The Morgan fingerprint density at radius 2 is 2.00 bits per heavy atom. The van der Waals surface area contributed by atoms with Crippen molar-refractivity contribution in [3.8, 4) is 0 Å². The first-order valence-electron chi connectivity index (χ1n) is 6.50. The summed E-state index contributed by atoms with van der Waals surface area (Å²) in [4.78, 5) is 2.54. The van der Waals surface area contributed by atoms with Crippen molar-refractivity contribution in [2.45, 2.75) is 30.9 Å². The predicted molar refractivity (Wildman–Crippen MR) is 60.6 cm³/mol. The minimum atomic E-state index is 0.124. The summed E-state index contributed by atoms with van der Waals surface area (Å²) in [6, 6.07) is 0.507. The van der Waals surface area contributed by atoms with Crippen LogP contribution >= 0.6 is 0 Å². The monoisotopic (exact) mass is 225 g/mol. The molecular weight excluding hydrogens is 204 g/mol. The summed E-state index contributed by atoms with van der Waals surface area (Å²) < 4.78 is 11.5. The first-order chi connectivity index (χ1) is 7.91. The first-order valence-corrected chi connectivity index (χ1v) is 6.50. The van der Waals surface area contributed by atoms with E-state index in [1.165, 1.54) is 12.8 Å². The third-order valence-corrected chi connectivity index (χ3v) is 4.22. The quantitative estimate of drug-likeness (QED) is 0.641. The summed E-state index contributed by atoms with van der Waals surface area (Å²) in [7, 11) is 0. The van der Waals surface area contributed by atoms with Crippen LogP contribution in [0.1, 0.15) is 19.3 Å². The van der Waals surface area contributed by atoms with Crippen LogP contribution in [0.15, 0.2) is 0 Å². The average molecular weight is 225 g/mol. The van der Waals surface area contributed by atoms with Crippen LogP contribution in [0.5, 0.6) is 0 Å². The molecule has 2 unspecified atom stereocenters. The Morgan fingerprint density at radius 1 is 1.12 bits per heavy atom. The van der Waals surface area contributed by atoms with Gasteiger partial charge in [-0.25, -0.2) is 5.32 Å². The zero-order valence-corrected chi connectivity index (χ0v) is 9.86. The van der Waals surface area contributed by atoms with Gasteiger partial charge >= 0.3 is 0 Å². The van der Waals surface area contributed by atoms with Crippen LogP contribution in [0.4, 0.5) is 0 Å². The highest BCUT2D eigenvalue weighted by Gasteiger charge is 2.47. The van der Waals surface area contributed by atoms with E-state index in [1.54, 1.807) is 0 Å². The Labute approximate surface area is 97.3 Å². The molecule has 4 heteroatoms. The number of rotatable bonds is 1. The molecule has 2 atom stereocenters. The fourth-order valence-corrected chi connectivity index (χ4v) is 3.33. The Kier molecular flexibility index (Phi) is 3.16. The van der Waals surface area contributed by atoms with Crippen molar-refractivity contribution in [1.82, 2.24) is 10.2 Å². The summed E-state index contributed by atoms with van der Waals surface area (Å²) in [5, 5.41) is 4.59. The van der Waals surface area contributed by atoms with Crippen LogP contribution < -0.4 is 5.32 Å². The van der Waals surface area contributed by atoms with Crippen LogP contribution in [-0.2, 0) is 9.47 Å². The lowest BCUT2D eigenvalue weighted by molar-refractivity contribution is -0.103. The lowest BCUT2D eigenvalue weighted by atomic mass is 9.83. The molecule has 3 aliphatic rings. The molecular formula is C12H21N2O2. The van der Waals surface area contributed by atoms with Crippen molar-refractivity contribution in [2.24, 2.45) is 0 Å². The van der Waals surface area contributed by atoms with E-state index in [0.717, 1.165) is 52.4 Å². The molecule has 0 aromatic rings. The molecule has 91 valence electrons. The molecule has 1 radical (unpaired) electrons. The van der Waals surface area contributed by atoms with Gasteiger partial charge in [-0.15, -0.1) is 0 Å². The van der Waals surface area contributed by atoms with E-state index >= 15 is 0 Å². The van der Waals surface area contributed by atoms with E-state index in [9.17, 15) is 0 Å². The molecule has 0 amide bonds. The Hall–Kier alpha value is -0.160. The maximum absolute atomic E-state index is 6.10. The Balaban J connectivity index is 1.74. The molecule has 0 N–H and O–H groups in total. The standard InChI is InChI=1S/C12H21N2O2/c1-2-12(16-7-1)3-4-13-10-11(12)14-5-8-15-9-6-14/h11H,1-10H2. The maximum atomic E-state index is 6.10. The highest BCUT2D eigenvalue weighted by Crippen LogP contribution is 2.37. The van der Waals surface area contributed by atoms with Gasteiger partial charge in [-0.3, -0.25) is 4.90 Å². The summed E-state index contributed by atoms with van der Waals surface area (Å²) in [5.41, 5.74) is 0.124. The minimum absolute atomic E-state index is 0.124. The van der Waals surface area contributed by atoms with Crippen LogP contribution in [0.2, 0.25) is 0 Å². The van der Waals surface area contributed by atoms with Crippen molar-refractivity contribution >= 4 is 0 Å². The SMILES string of the molecule is C1COC2(C1)CC[N]CC2N1CCOCC1. The summed E-state index contributed by atoms with van der Waals surface area (Å²) in [6.45, 7) is 6.72. The lowest BCUT2D eigenvalue weighted by Crippen LogP contribution is -2.61. The number of ether oxygens (including phenoxy) is 2. The van der Waals surface area contributed by atoms with E-state index in [-0.39, 0.29) is 5.60 Å². The second-order valence-electron chi connectivity index (χ2n) is 5.06. The third kappa shape index (κ3) is 1.88. The number of hydrogen-bond donors (Lipinski definition) is 0. The second-order valence-corrected chi connectivity index (χ2v) is 5.06. The maximum Gasteiger partial charge on any atom is 0.0863 e. The van der Waals surface area contributed by atoms with Crippen molar-refractivity contribution in [2.75, 3.05) is 46.0 Å². The molecule has 3 rings (SSSR count). The smallest absolute Gasteiger partial charge is 0.0863 e. The van der Waals surface area contributed by atoms with Gasteiger partial charge in [0.2, 0.25) is 0 Å². The molecule has 3 saturated heterocycles. The van der Waals surface area contributed by atoms with Crippen molar-refractivity contribution < 1.29 is 9.47 Å². The largest absolute Gasteiger partial charge is 0.379 e. The molecule has 0 aromatic heterocycles. The van der Waals surface area contributed by atoms with Gasteiger partial charge in [0.05, 0.1) is 24.9 Å².